The molecule has 1 heterocycles. The fourth-order valence-corrected chi connectivity index (χ4v) is 3.23. The van der Waals surface area contributed by atoms with Gasteiger partial charge >= 0.3 is 5.97 Å². The van der Waals surface area contributed by atoms with E-state index in [1.165, 1.54) is 11.1 Å². The molecule has 0 atom stereocenters. The van der Waals surface area contributed by atoms with Crippen LogP contribution in [0.25, 0.3) is 11.0 Å². The van der Waals surface area contributed by atoms with Crippen molar-refractivity contribution in [3.63, 3.8) is 0 Å². The molecule has 4 heteroatoms. The molecule has 2 N–H and O–H groups in total. The highest BCUT2D eigenvalue weighted by molar-refractivity contribution is 5.79. The number of fused-ring (bicyclic) bond motifs is 1. The molecule has 0 spiro atoms. The summed E-state index contributed by atoms with van der Waals surface area (Å²) in [6.45, 7) is 4.91. The summed E-state index contributed by atoms with van der Waals surface area (Å²) in [6.07, 6.45) is 3.39. The Kier molecular flexibility index (Phi) is 4.21. The van der Waals surface area contributed by atoms with Crippen LogP contribution in [0.3, 0.4) is 0 Å². The molecule has 1 aliphatic carbocycles. The number of aryl methyl sites for hydroxylation is 2. The van der Waals surface area contributed by atoms with E-state index in [1.54, 1.807) is 0 Å². The number of carboxylic acid groups (broad SMARTS) is 1. The van der Waals surface area contributed by atoms with Crippen LogP contribution in [0.1, 0.15) is 42.6 Å². The van der Waals surface area contributed by atoms with Crippen molar-refractivity contribution in [2.75, 3.05) is 0 Å². The molecule has 1 aromatic heterocycles. The van der Waals surface area contributed by atoms with Crippen molar-refractivity contribution in [2.24, 2.45) is 5.92 Å². The van der Waals surface area contributed by atoms with E-state index in [-0.39, 0.29) is 5.92 Å². The average molecular weight is 301 g/mol. The first-order valence-corrected chi connectivity index (χ1v) is 7.99. The topological polar surface area (TPSA) is 62.5 Å². The number of hydrogen-bond donors (Lipinski definition) is 2. The number of carbonyl (C=O) groups is 1. The van der Waals surface area contributed by atoms with E-state index >= 15 is 0 Å². The first-order valence-electron chi connectivity index (χ1n) is 7.99. The maximum Gasteiger partial charge on any atom is 0.306 e. The molecule has 22 heavy (non-hydrogen) atoms. The Hall–Kier alpha value is -1.81. The van der Waals surface area contributed by atoms with Crippen molar-refractivity contribution >= 4 is 16.9 Å². The van der Waals surface area contributed by atoms with E-state index in [0.29, 0.717) is 12.6 Å². The normalized spacial score (nSPS) is 22.1. The molecule has 0 amide bonds. The minimum absolute atomic E-state index is 0.157. The zero-order chi connectivity index (χ0) is 15.7. The lowest BCUT2D eigenvalue weighted by Crippen LogP contribution is -2.34. The lowest BCUT2D eigenvalue weighted by atomic mass is 9.86. The van der Waals surface area contributed by atoms with Gasteiger partial charge in [-0.3, -0.25) is 4.79 Å². The number of furan rings is 1. The van der Waals surface area contributed by atoms with Gasteiger partial charge in [0.25, 0.3) is 0 Å². The molecule has 0 saturated heterocycles. The summed E-state index contributed by atoms with van der Waals surface area (Å²) in [4.78, 5) is 11.0. The van der Waals surface area contributed by atoms with Gasteiger partial charge in [-0.2, -0.15) is 0 Å². The zero-order valence-corrected chi connectivity index (χ0v) is 13.2. The molecule has 0 aliphatic heterocycles. The van der Waals surface area contributed by atoms with Gasteiger partial charge in [-0.05, 0) is 68.9 Å². The molecule has 0 unspecified atom stereocenters. The number of carboxylic acids is 1. The van der Waals surface area contributed by atoms with Crippen LogP contribution in [-0.2, 0) is 11.3 Å². The van der Waals surface area contributed by atoms with Gasteiger partial charge in [0.2, 0.25) is 0 Å². The van der Waals surface area contributed by atoms with Crippen molar-refractivity contribution < 1.29 is 14.3 Å². The first kappa shape index (κ1) is 15.1. The summed E-state index contributed by atoms with van der Waals surface area (Å²) >= 11 is 0. The van der Waals surface area contributed by atoms with Gasteiger partial charge in [-0.1, -0.05) is 0 Å². The third-order valence-corrected chi connectivity index (χ3v) is 4.83. The molecule has 0 radical (unpaired) electrons. The largest absolute Gasteiger partial charge is 0.481 e. The minimum atomic E-state index is -0.651. The second-order valence-corrected chi connectivity index (χ2v) is 6.45. The van der Waals surface area contributed by atoms with Gasteiger partial charge in [-0.25, -0.2) is 0 Å². The first-order chi connectivity index (χ1) is 10.5. The van der Waals surface area contributed by atoms with E-state index in [2.05, 4.69) is 37.4 Å². The highest BCUT2D eigenvalue weighted by atomic mass is 16.4. The standard InChI is InChI=1S/C18H23NO3/c1-11-7-14-9-16(22-17(14)8-12(11)2)10-19-15-5-3-13(4-6-15)18(20)21/h7-9,13,15,19H,3-6,10H2,1-2H3,(H,20,21). The third kappa shape index (κ3) is 3.17. The van der Waals surface area contributed by atoms with Crippen LogP contribution in [0.5, 0.6) is 0 Å². The molecule has 0 bridgehead atoms. The second-order valence-electron chi connectivity index (χ2n) is 6.45. The van der Waals surface area contributed by atoms with Gasteiger partial charge in [0.15, 0.2) is 0 Å². The van der Waals surface area contributed by atoms with Crippen LogP contribution in [0.2, 0.25) is 0 Å². The van der Waals surface area contributed by atoms with Crippen LogP contribution in [0.4, 0.5) is 0 Å². The zero-order valence-electron chi connectivity index (χ0n) is 13.2. The molecule has 1 saturated carbocycles. The van der Waals surface area contributed by atoms with Crippen LogP contribution in [0.15, 0.2) is 22.6 Å². The Labute approximate surface area is 130 Å². The molecule has 1 aromatic carbocycles. The SMILES string of the molecule is Cc1cc2cc(CNC3CCC(C(=O)O)CC3)oc2cc1C. The smallest absolute Gasteiger partial charge is 0.306 e. The van der Waals surface area contributed by atoms with Crippen LogP contribution < -0.4 is 5.32 Å². The highest BCUT2D eigenvalue weighted by Crippen LogP contribution is 2.26. The Morgan fingerprint density at radius 1 is 1.18 bits per heavy atom. The summed E-state index contributed by atoms with van der Waals surface area (Å²) in [6, 6.07) is 6.74. The minimum Gasteiger partial charge on any atom is -0.481 e. The quantitative estimate of drug-likeness (QED) is 0.902. The van der Waals surface area contributed by atoms with Crippen LogP contribution in [0, 0.1) is 19.8 Å². The summed E-state index contributed by atoms with van der Waals surface area (Å²) in [5, 5.41) is 13.7. The average Bonchev–Trinajstić information content (AvgIpc) is 2.88. The van der Waals surface area contributed by atoms with Crippen LogP contribution >= 0.6 is 0 Å². The number of rotatable bonds is 4. The van der Waals surface area contributed by atoms with Gasteiger partial charge in [0, 0.05) is 11.4 Å². The van der Waals surface area contributed by atoms with Crippen molar-refractivity contribution in [2.45, 2.75) is 52.1 Å². The second kappa shape index (κ2) is 6.13. The number of hydrogen-bond acceptors (Lipinski definition) is 3. The molecular weight excluding hydrogens is 278 g/mol. The summed E-state index contributed by atoms with van der Waals surface area (Å²) in [5.41, 5.74) is 3.46. The van der Waals surface area contributed by atoms with Crippen molar-refractivity contribution in [1.82, 2.24) is 5.32 Å². The Bertz CT molecular complexity index is 642. The molecule has 4 nitrogen and oxygen atoms in total. The van der Waals surface area contributed by atoms with E-state index < -0.39 is 5.97 Å². The fraction of sp³-hybridized carbons (Fsp3) is 0.500. The Balaban J connectivity index is 1.59. The monoisotopic (exact) mass is 301 g/mol. The third-order valence-electron chi connectivity index (χ3n) is 4.83. The van der Waals surface area contributed by atoms with E-state index in [9.17, 15) is 4.79 Å². The van der Waals surface area contributed by atoms with Gasteiger partial charge in [0.05, 0.1) is 12.5 Å². The van der Waals surface area contributed by atoms with Gasteiger partial charge in [-0.15, -0.1) is 0 Å². The van der Waals surface area contributed by atoms with Gasteiger partial charge < -0.3 is 14.8 Å². The van der Waals surface area contributed by atoms with E-state index in [0.717, 1.165) is 42.4 Å². The molecule has 118 valence electrons. The molecular formula is C18H23NO3. The van der Waals surface area contributed by atoms with Crippen molar-refractivity contribution in [3.8, 4) is 0 Å². The van der Waals surface area contributed by atoms with Crippen molar-refractivity contribution in [1.29, 1.82) is 0 Å². The number of aliphatic carboxylic acids is 1. The van der Waals surface area contributed by atoms with Crippen molar-refractivity contribution in [3.05, 3.63) is 35.1 Å². The van der Waals surface area contributed by atoms with E-state index in [1.807, 2.05) is 0 Å². The molecule has 1 aliphatic rings. The molecule has 1 fully saturated rings. The fourth-order valence-electron chi connectivity index (χ4n) is 3.23. The molecule has 2 aromatic rings. The maximum atomic E-state index is 11.0. The lowest BCUT2D eigenvalue weighted by molar-refractivity contribution is -0.142. The summed E-state index contributed by atoms with van der Waals surface area (Å²) < 4.78 is 5.90. The number of nitrogens with one attached hydrogen (secondary N) is 1. The highest BCUT2D eigenvalue weighted by Gasteiger charge is 2.25. The maximum absolute atomic E-state index is 11.0. The summed E-state index contributed by atoms with van der Waals surface area (Å²) in [7, 11) is 0. The predicted octanol–water partition coefficient (Wildman–Crippen LogP) is 3.78. The van der Waals surface area contributed by atoms with Crippen LogP contribution in [-0.4, -0.2) is 17.1 Å². The summed E-state index contributed by atoms with van der Waals surface area (Å²) in [5.74, 6) is 0.136. The van der Waals surface area contributed by atoms with E-state index in [4.69, 9.17) is 9.52 Å². The lowest BCUT2D eigenvalue weighted by Gasteiger charge is -2.26. The Morgan fingerprint density at radius 3 is 2.55 bits per heavy atom. The number of benzene rings is 1. The Morgan fingerprint density at radius 2 is 1.86 bits per heavy atom. The van der Waals surface area contributed by atoms with Gasteiger partial charge in [0.1, 0.15) is 11.3 Å². The molecule has 3 rings (SSSR count). The predicted molar refractivity (Wildman–Crippen MR) is 85.9 cm³/mol.